The Bertz CT molecular complexity index is 865. The second-order valence-corrected chi connectivity index (χ2v) is 8.17. The number of carbonyl (C=O) groups is 2. The average molecular weight is 443 g/mol. The van der Waals surface area contributed by atoms with E-state index in [1.807, 2.05) is 36.4 Å². The quantitative estimate of drug-likeness (QED) is 0.730. The van der Waals surface area contributed by atoms with Gasteiger partial charge in [0.1, 0.15) is 11.7 Å². The molecule has 0 radical (unpaired) electrons. The van der Waals surface area contributed by atoms with E-state index in [2.05, 4.69) is 31.1 Å². The maximum Gasteiger partial charge on any atom is 0.239 e. The number of nitrogens with one attached hydrogen (secondary N) is 1. The fourth-order valence-corrected chi connectivity index (χ4v) is 4.22. The van der Waals surface area contributed by atoms with Gasteiger partial charge in [0.25, 0.3) is 0 Å². The molecule has 2 aliphatic rings. The van der Waals surface area contributed by atoms with Gasteiger partial charge in [0.2, 0.25) is 11.8 Å². The van der Waals surface area contributed by atoms with Crippen LogP contribution in [0.25, 0.3) is 0 Å². The lowest BCUT2D eigenvalue weighted by molar-refractivity contribution is -0.129. The SMILES string of the molecule is O=C(Nc1ccc(N2CCCCC2)cn1)C1CCN(c2cccc(Br)c2)C1=O. The predicted octanol–water partition coefficient (Wildman–Crippen LogP) is 3.83. The summed E-state index contributed by atoms with van der Waals surface area (Å²) in [4.78, 5) is 33.7. The van der Waals surface area contributed by atoms with Crippen LogP contribution in [0.2, 0.25) is 0 Å². The Labute approximate surface area is 173 Å². The molecule has 7 heteroatoms. The van der Waals surface area contributed by atoms with Gasteiger partial charge in [-0.2, -0.15) is 0 Å². The van der Waals surface area contributed by atoms with Crippen LogP contribution >= 0.6 is 15.9 Å². The molecule has 0 saturated carbocycles. The van der Waals surface area contributed by atoms with Gasteiger partial charge in [0.05, 0.1) is 11.9 Å². The summed E-state index contributed by atoms with van der Waals surface area (Å²) in [6.45, 7) is 2.64. The highest BCUT2D eigenvalue weighted by molar-refractivity contribution is 9.10. The molecule has 146 valence electrons. The molecule has 0 aliphatic carbocycles. The van der Waals surface area contributed by atoms with E-state index in [9.17, 15) is 9.59 Å². The summed E-state index contributed by atoms with van der Waals surface area (Å²) in [6, 6.07) is 11.4. The Hall–Kier alpha value is -2.41. The van der Waals surface area contributed by atoms with Crippen molar-refractivity contribution in [2.45, 2.75) is 25.7 Å². The van der Waals surface area contributed by atoms with Gasteiger partial charge in [-0.1, -0.05) is 22.0 Å². The topological polar surface area (TPSA) is 65.5 Å². The first-order valence-electron chi connectivity index (χ1n) is 9.70. The van der Waals surface area contributed by atoms with Crippen molar-refractivity contribution in [3.05, 3.63) is 47.1 Å². The van der Waals surface area contributed by atoms with Gasteiger partial charge in [0.15, 0.2) is 0 Å². The maximum atomic E-state index is 12.7. The third kappa shape index (κ3) is 4.04. The summed E-state index contributed by atoms with van der Waals surface area (Å²) in [5, 5.41) is 2.80. The van der Waals surface area contributed by atoms with Crippen LogP contribution in [0, 0.1) is 5.92 Å². The molecule has 2 amide bonds. The average Bonchev–Trinajstić information content (AvgIpc) is 3.11. The molecular formula is C21H23BrN4O2. The van der Waals surface area contributed by atoms with Crippen LogP contribution in [0.4, 0.5) is 17.2 Å². The summed E-state index contributed by atoms with van der Waals surface area (Å²) in [5.41, 5.74) is 1.88. The molecule has 2 aliphatic heterocycles. The molecule has 1 unspecified atom stereocenters. The molecule has 2 saturated heterocycles. The Morgan fingerprint density at radius 1 is 1.07 bits per heavy atom. The summed E-state index contributed by atoms with van der Waals surface area (Å²) in [5.74, 6) is -0.650. The minimum absolute atomic E-state index is 0.166. The number of benzene rings is 1. The van der Waals surface area contributed by atoms with Gasteiger partial charge < -0.3 is 15.1 Å². The first-order chi connectivity index (χ1) is 13.6. The van der Waals surface area contributed by atoms with Crippen molar-refractivity contribution >= 4 is 44.9 Å². The monoisotopic (exact) mass is 442 g/mol. The second kappa shape index (κ2) is 8.31. The zero-order chi connectivity index (χ0) is 19.5. The van der Waals surface area contributed by atoms with Gasteiger partial charge >= 0.3 is 0 Å². The van der Waals surface area contributed by atoms with E-state index in [-0.39, 0.29) is 11.8 Å². The Morgan fingerprint density at radius 2 is 1.89 bits per heavy atom. The molecule has 3 heterocycles. The number of halogens is 1. The minimum atomic E-state index is -0.678. The lowest BCUT2D eigenvalue weighted by atomic mass is 10.1. The molecule has 2 fully saturated rings. The van der Waals surface area contributed by atoms with E-state index < -0.39 is 5.92 Å². The fraction of sp³-hybridized carbons (Fsp3) is 0.381. The molecule has 1 N–H and O–H groups in total. The molecule has 4 rings (SSSR count). The fourth-order valence-electron chi connectivity index (χ4n) is 3.84. The van der Waals surface area contributed by atoms with Gasteiger partial charge in [-0.05, 0) is 56.0 Å². The Kier molecular flexibility index (Phi) is 5.62. The van der Waals surface area contributed by atoms with Gasteiger partial charge in [-0.3, -0.25) is 9.59 Å². The summed E-state index contributed by atoms with van der Waals surface area (Å²) in [6.07, 6.45) is 5.99. The molecule has 28 heavy (non-hydrogen) atoms. The predicted molar refractivity (Wildman–Crippen MR) is 114 cm³/mol. The number of anilines is 3. The van der Waals surface area contributed by atoms with Gasteiger partial charge in [-0.25, -0.2) is 4.98 Å². The highest BCUT2D eigenvalue weighted by Gasteiger charge is 2.37. The van der Waals surface area contributed by atoms with E-state index >= 15 is 0 Å². The molecule has 6 nitrogen and oxygen atoms in total. The third-order valence-electron chi connectivity index (χ3n) is 5.36. The Morgan fingerprint density at radius 3 is 2.61 bits per heavy atom. The van der Waals surface area contributed by atoms with Crippen LogP contribution in [0.3, 0.4) is 0 Å². The number of hydrogen-bond donors (Lipinski definition) is 1. The highest BCUT2D eigenvalue weighted by atomic mass is 79.9. The first kappa shape index (κ1) is 18.9. The minimum Gasteiger partial charge on any atom is -0.370 e. The number of nitrogens with zero attached hydrogens (tertiary/aromatic N) is 3. The van der Waals surface area contributed by atoms with Crippen LogP contribution in [-0.4, -0.2) is 36.4 Å². The number of carbonyl (C=O) groups excluding carboxylic acids is 2. The zero-order valence-corrected chi connectivity index (χ0v) is 17.2. The maximum absolute atomic E-state index is 12.7. The lowest BCUT2D eigenvalue weighted by Gasteiger charge is -2.28. The molecule has 2 aromatic rings. The number of piperidine rings is 1. The molecule has 1 aromatic heterocycles. The standard InChI is InChI=1S/C21H23BrN4O2/c22-15-5-4-6-16(13-15)26-12-9-18(21(26)28)20(27)24-19-8-7-17(14-23-19)25-10-2-1-3-11-25/h4-8,13-14,18H,1-3,9-12H2,(H,23,24,27). The normalized spacial score (nSPS) is 19.8. The molecule has 1 aromatic carbocycles. The van der Waals surface area contributed by atoms with E-state index in [0.717, 1.165) is 28.9 Å². The van der Waals surface area contributed by atoms with Crippen LogP contribution in [0.1, 0.15) is 25.7 Å². The van der Waals surface area contributed by atoms with Crippen molar-refractivity contribution in [1.82, 2.24) is 4.98 Å². The van der Waals surface area contributed by atoms with Crippen molar-refractivity contribution in [3.8, 4) is 0 Å². The largest absolute Gasteiger partial charge is 0.370 e. The van der Waals surface area contributed by atoms with E-state index in [0.29, 0.717) is 18.8 Å². The van der Waals surface area contributed by atoms with Crippen molar-refractivity contribution < 1.29 is 9.59 Å². The Balaban J connectivity index is 1.39. The van der Waals surface area contributed by atoms with Crippen molar-refractivity contribution in [1.29, 1.82) is 0 Å². The van der Waals surface area contributed by atoms with Gasteiger partial charge in [0, 0.05) is 29.8 Å². The number of hydrogen-bond acceptors (Lipinski definition) is 4. The molecular weight excluding hydrogens is 420 g/mol. The summed E-state index contributed by atoms with van der Waals surface area (Å²) >= 11 is 3.42. The van der Waals surface area contributed by atoms with Crippen LogP contribution in [0.15, 0.2) is 47.1 Å². The first-order valence-corrected chi connectivity index (χ1v) is 10.5. The van der Waals surface area contributed by atoms with E-state index in [4.69, 9.17) is 0 Å². The second-order valence-electron chi connectivity index (χ2n) is 7.25. The number of pyridine rings is 1. The lowest BCUT2D eigenvalue weighted by Crippen LogP contribution is -2.33. The van der Waals surface area contributed by atoms with Crippen molar-refractivity contribution in [2.75, 3.05) is 34.8 Å². The molecule has 0 spiro atoms. The molecule has 1 atom stereocenters. The third-order valence-corrected chi connectivity index (χ3v) is 5.86. The van der Waals surface area contributed by atoms with Crippen LogP contribution in [-0.2, 0) is 9.59 Å². The zero-order valence-electron chi connectivity index (χ0n) is 15.6. The number of amides is 2. The van der Waals surface area contributed by atoms with Crippen LogP contribution in [0.5, 0.6) is 0 Å². The van der Waals surface area contributed by atoms with E-state index in [1.165, 1.54) is 19.3 Å². The summed E-state index contributed by atoms with van der Waals surface area (Å²) in [7, 11) is 0. The number of aromatic nitrogens is 1. The van der Waals surface area contributed by atoms with Crippen molar-refractivity contribution in [2.24, 2.45) is 5.92 Å². The number of rotatable bonds is 4. The highest BCUT2D eigenvalue weighted by Crippen LogP contribution is 2.28. The summed E-state index contributed by atoms with van der Waals surface area (Å²) < 4.78 is 0.906. The van der Waals surface area contributed by atoms with Crippen LogP contribution < -0.4 is 15.1 Å². The van der Waals surface area contributed by atoms with Crippen molar-refractivity contribution in [3.63, 3.8) is 0 Å². The van der Waals surface area contributed by atoms with E-state index in [1.54, 1.807) is 11.1 Å². The molecule has 0 bridgehead atoms. The smallest absolute Gasteiger partial charge is 0.239 e. The van der Waals surface area contributed by atoms with Gasteiger partial charge in [-0.15, -0.1) is 0 Å².